The second-order valence-corrected chi connectivity index (χ2v) is 7.67. The Labute approximate surface area is 89.5 Å². The van der Waals surface area contributed by atoms with Crippen molar-refractivity contribution in [1.82, 2.24) is 4.72 Å². The third-order valence-corrected chi connectivity index (χ3v) is 4.99. The zero-order chi connectivity index (χ0) is 12.3. The summed E-state index contributed by atoms with van der Waals surface area (Å²) in [6.45, 7) is 1.50. The summed E-state index contributed by atoms with van der Waals surface area (Å²) in [4.78, 5) is 0. The fourth-order valence-electron chi connectivity index (χ4n) is 0.994. The zero-order valence-corrected chi connectivity index (χ0v) is 10.2. The van der Waals surface area contributed by atoms with Crippen LogP contribution in [0.25, 0.3) is 0 Å². The third kappa shape index (κ3) is 8.33. The molecule has 0 aromatic heterocycles. The number of rotatable bonds is 6. The molecule has 0 aliphatic heterocycles. The van der Waals surface area contributed by atoms with Crippen molar-refractivity contribution in [3.63, 3.8) is 0 Å². The maximum atomic E-state index is 11.2. The fraction of sp³-hybridized carbons (Fsp3) is 0.833. The predicted molar refractivity (Wildman–Crippen MR) is 57.8 cm³/mol. The molecule has 0 spiro atoms. The number of nitrogens with one attached hydrogen (secondary N) is 2. The lowest BCUT2D eigenvalue weighted by Crippen LogP contribution is -2.38. The van der Waals surface area contributed by atoms with Gasteiger partial charge in [-0.1, -0.05) is 0 Å². The van der Waals surface area contributed by atoms with E-state index in [-0.39, 0.29) is 12.3 Å². The van der Waals surface area contributed by atoms with Crippen molar-refractivity contribution < 1.29 is 16.8 Å². The Morgan fingerprint density at radius 2 is 1.87 bits per heavy atom. The van der Waals surface area contributed by atoms with E-state index in [1.54, 1.807) is 0 Å². The Morgan fingerprint density at radius 3 is 2.20 bits per heavy atom. The van der Waals surface area contributed by atoms with Crippen LogP contribution >= 0.6 is 0 Å². The van der Waals surface area contributed by atoms with E-state index in [0.717, 1.165) is 6.26 Å². The van der Waals surface area contributed by atoms with Gasteiger partial charge in [-0.15, -0.1) is 0 Å². The first-order valence-electron chi connectivity index (χ1n) is 4.02. The van der Waals surface area contributed by atoms with Gasteiger partial charge in [0.25, 0.3) is 0 Å². The highest BCUT2D eigenvalue weighted by Crippen LogP contribution is 1.97. The maximum absolute atomic E-state index is 11.2. The molecule has 0 rings (SSSR count). The molecule has 0 amide bonds. The SMILES string of the molecule is CC(CC(=N)N)NS(=O)(=O)CS(C)(=O)=O. The summed E-state index contributed by atoms with van der Waals surface area (Å²) in [5.41, 5.74) is 5.07. The summed E-state index contributed by atoms with van der Waals surface area (Å²) in [6.07, 6.45) is 0.880. The highest BCUT2D eigenvalue weighted by Gasteiger charge is 2.20. The highest BCUT2D eigenvalue weighted by molar-refractivity contribution is 8.06. The van der Waals surface area contributed by atoms with E-state index in [9.17, 15) is 16.8 Å². The van der Waals surface area contributed by atoms with Gasteiger partial charge < -0.3 is 5.73 Å². The van der Waals surface area contributed by atoms with Gasteiger partial charge in [-0.25, -0.2) is 21.6 Å². The first-order chi connectivity index (χ1) is 6.52. The minimum Gasteiger partial charge on any atom is -0.388 e. The molecule has 0 fully saturated rings. The molecule has 0 aromatic carbocycles. The number of amidine groups is 1. The molecule has 90 valence electrons. The predicted octanol–water partition coefficient (Wildman–Crippen LogP) is -1.38. The molecule has 0 aliphatic rings. The van der Waals surface area contributed by atoms with Crippen molar-refractivity contribution in [2.75, 3.05) is 11.3 Å². The molecule has 0 aliphatic carbocycles. The van der Waals surface area contributed by atoms with Crippen LogP contribution in [0.2, 0.25) is 0 Å². The molecule has 0 heterocycles. The van der Waals surface area contributed by atoms with Gasteiger partial charge >= 0.3 is 0 Å². The van der Waals surface area contributed by atoms with Crippen LogP contribution in [-0.4, -0.2) is 40.1 Å². The van der Waals surface area contributed by atoms with Gasteiger partial charge in [0.2, 0.25) is 10.0 Å². The van der Waals surface area contributed by atoms with Crippen molar-refractivity contribution in [1.29, 1.82) is 5.41 Å². The smallest absolute Gasteiger partial charge is 0.226 e. The summed E-state index contributed by atoms with van der Waals surface area (Å²) < 4.78 is 46.1. The fourth-order valence-corrected chi connectivity index (χ4v) is 4.22. The van der Waals surface area contributed by atoms with E-state index in [2.05, 4.69) is 4.72 Å². The number of sulfone groups is 1. The molecular formula is C6H15N3O4S2. The van der Waals surface area contributed by atoms with Crippen LogP contribution < -0.4 is 10.5 Å². The molecule has 9 heteroatoms. The van der Waals surface area contributed by atoms with Gasteiger partial charge in [0.05, 0.1) is 5.84 Å². The van der Waals surface area contributed by atoms with Gasteiger partial charge in [-0.3, -0.25) is 5.41 Å². The second kappa shape index (κ2) is 4.90. The molecule has 0 radical (unpaired) electrons. The van der Waals surface area contributed by atoms with Crippen LogP contribution in [0.3, 0.4) is 0 Å². The van der Waals surface area contributed by atoms with Crippen LogP contribution in [0.4, 0.5) is 0 Å². The van der Waals surface area contributed by atoms with Crippen molar-refractivity contribution >= 4 is 25.7 Å². The molecule has 0 saturated carbocycles. The number of hydrogen-bond acceptors (Lipinski definition) is 5. The molecule has 0 saturated heterocycles. The average molecular weight is 257 g/mol. The van der Waals surface area contributed by atoms with Gasteiger partial charge in [0.1, 0.15) is 0 Å². The Balaban J connectivity index is 4.46. The zero-order valence-electron chi connectivity index (χ0n) is 8.52. The summed E-state index contributed by atoms with van der Waals surface area (Å²) in [7, 11) is -7.47. The number of nitrogens with two attached hydrogens (primary N) is 1. The second-order valence-electron chi connectivity index (χ2n) is 3.41. The number of hydrogen-bond donors (Lipinski definition) is 3. The molecule has 0 aromatic rings. The summed E-state index contributed by atoms with van der Waals surface area (Å²) in [6, 6.07) is -0.589. The van der Waals surface area contributed by atoms with Crippen molar-refractivity contribution in [2.24, 2.45) is 5.73 Å². The molecular weight excluding hydrogens is 242 g/mol. The van der Waals surface area contributed by atoms with E-state index in [4.69, 9.17) is 11.1 Å². The molecule has 1 unspecified atom stereocenters. The summed E-state index contributed by atoms with van der Waals surface area (Å²) >= 11 is 0. The quantitative estimate of drug-likeness (QED) is 0.399. The Hall–Kier alpha value is -0.670. The number of sulfonamides is 1. The molecule has 1 atom stereocenters. The van der Waals surface area contributed by atoms with Gasteiger partial charge in [0.15, 0.2) is 14.9 Å². The minimum absolute atomic E-state index is 0.0446. The van der Waals surface area contributed by atoms with E-state index < -0.39 is 31.0 Å². The van der Waals surface area contributed by atoms with E-state index in [1.807, 2.05) is 0 Å². The molecule has 0 bridgehead atoms. The topological polar surface area (TPSA) is 130 Å². The van der Waals surface area contributed by atoms with E-state index >= 15 is 0 Å². The van der Waals surface area contributed by atoms with Gasteiger partial charge in [-0.05, 0) is 6.92 Å². The van der Waals surface area contributed by atoms with Gasteiger partial charge in [-0.2, -0.15) is 0 Å². The van der Waals surface area contributed by atoms with E-state index in [1.165, 1.54) is 6.92 Å². The van der Waals surface area contributed by atoms with Crippen LogP contribution in [0.5, 0.6) is 0 Å². The average Bonchev–Trinajstić information content (AvgIpc) is 1.73. The summed E-state index contributed by atoms with van der Waals surface area (Å²) in [5, 5.41) is 5.98. The van der Waals surface area contributed by atoms with Crippen LogP contribution in [0, 0.1) is 5.41 Å². The third-order valence-electron chi connectivity index (χ3n) is 1.28. The first kappa shape index (κ1) is 14.3. The summed E-state index contributed by atoms with van der Waals surface area (Å²) in [5.74, 6) is -0.162. The Morgan fingerprint density at radius 1 is 1.40 bits per heavy atom. The lowest BCUT2D eigenvalue weighted by molar-refractivity contribution is 0.566. The molecule has 4 N–H and O–H groups in total. The molecule has 7 nitrogen and oxygen atoms in total. The largest absolute Gasteiger partial charge is 0.388 e. The van der Waals surface area contributed by atoms with Crippen LogP contribution in [0.1, 0.15) is 13.3 Å². The maximum Gasteiger partial charge on any atom is 0.226 e. The van der Waals surface area contributed by atoms with Crippen molar-refractivity contribution in [3.05, 3.63) is 0 Å². The highest BCUT2D eigenvalue weighted by atomic mass is 32.3. The Bertz CT molecular complexity index is 425. The molecule has 15 heavy (non-hydrogen) atoms. The van der Waals surface area contributed by atoms with E-state index in [0.29, 0.717) is 0 Å². The van der Waals surface area contributed by atoms with Crippen molar-refractivity contribution in [3.8, 4) is 0 Å². The van der Waals surface area contributed by atoms with Crippen molar-refractivity contribution in [2.45, 2.75) is 19.4 Å². The normalized spacial score (nSPS) is 14.8. The lowest BCUT2D eigenvalue weighted by atomic mass is 10.2. The monoisotopic (exact) mass is 257 g/mol. The lowest BCUT2D eigenvalue weighted by Gasteiger charge is -2.12. The minimum atomic E-state index is -3.87. The van der Waals surface area contributed by atoms with Crippen LogP contribution in [-0.2, 0) is 19.9 Å². The standard InChI is InChI=1S/C6H15N3O4S2/c1-5(3-6(7)8)9-15(12,13)4-14(2,10)11/h5,9H,3-4H2,1-2H3,(H3,7,8). The van der Waals surface area contributed by atoms with Crippen LogP contribution in [0.15, 0.2) is 0 Å². The Kier molecular flexibility index (Phi) is 4.68. The first-order valence-corrected chi connectivity index (χ1v) is 7.74. The van der Waals surface area contributed by atoms with Gasteiger partial charge in [0, 0.05) is 18.7 Å².